The Morgan fingerprint density at radius 1 is 1.60 bits per heavy atom. The number of nitrogens with two attached hydrogens (primary N) is 1. The van der Waals surface area contributed by atoms with Crippen molar-refractivity contribution in [3.05, 3.63) is 34.6 Å². The van der Waals surface area contributed by atoms with Gasteiger partial charge in [-0.1, -0.05) is 17.7 Å². The number of methoxy groups -OCH3 is 1. The molecule has 1 aromatic rings. The van der Waals surface area contributed by atoms with Gasteiger partial charge in [-0.25, -0.2) is 4.39 Å². The van der Waals surface area contributed by atoms with Crippen LogP contribution in [0.3, 0.4) is 0 Å². The fourth-order valence-electron chi connectivity index (χ4n) is 1.01. The highest BCUT2D eigenvalue weighted by molar-refractivity contribution is 6.30. The predicted molar refractivity (Wildman–Crippen MR) is 57.6 cm³/mol. The summed E-state index contributed by atoms with van der Waals surface area (Å²) in [5.74, 6) is -1.30. The number of hydrogen-bond acceptors (Lipinski definition) is 3. The van der Waals surface area contributed by atoms with Crippen molar-refractivity contribution in [2.75, 3.05) is 7.11 Å². The molecule has 15 heavy (non-hydrogen) atoms. The van der Waals surface area contributed by atoms with Crippen LogP contribution in [0.5, 0.6) is 0 Å². The monoisotopic (exact) mass is 253 g/mol. The zero-order valence-corrected chi connectivity index (χ0v) is 9.44. The highest BCUT2D eigenvalue weighted by Gasteiger charge is 2.19. The molecule has 0 unspecified atom stereocenters. The SMILES string of the molecule is COC(=O)[C@H](N)c1ccc(Cl)cc1F.Cl. The van der Waals surface area contributed by atoms with Crippen molar-refractivity contribution in [2.24, 2.45) is 5.73 Å². The molecule has 0 aliphatic rings. The van der Waals surface area contributed by atoms with Gasteiger partial charge in [-0.3, -0.25) is 4.79 Å². The minimum atomic E-state index is -1.11. The van der Waals surface area contributed by atoms with Gasteiger partial charge in [0.05, 0.1) is 7.11 Å². The van der Waals surface area contributed by atoms with Crippen molar-refractivity contribution < 1.29 is 13.9 Å². The van der Waals surface area contributed by atoms with E-state index in [1.807, 2.05) is 0 Å². The molecule has 0 radical (unpaired) electrons. The molecule has 1 aromatic carbocycles. The second-order valence-corrected chi connectivity index (χ2v) is 3.10. The van der Waals surface area contributed by atoms with Gasteiger partial charge in [0.2, 0.25) is 0 Å². The maximum atomic E-state index is 13.2. The quantitative estimate of drug-likeness (QED) is 0.822. The van der Waals surface area contributed by atoms with Crippen LogP contribution in [-0.4, -0.2) is 13.1 Å². The lowest BCUT2D eigenvalue weighted by Crippen LogP contribution is -2.23. The molecule has 0 saturated carbocycles. The van der Waals surface area contributed by atoms with Gasteiger partial charge in [0.15, 0.2) is 0 Å². The highest BCUT2D eigenvalue weighted by Crippen LogP contribution is 2.19. The van der Waals surface area contributed by atoms with E-state index in [0.717, 1.165) is 6.07 Å². The third-order valence-electron chi connectivity index (χ3n) is 1.75. The van der Waals surface area contributed by atoms with Crippen LogP contribution < -0.4 is 5.73 Å². The molecule has 0 fully saturated rings. The Labute approximate surface area is 97.8 Å². The number of benzene rings is 1. The van der Waals surface area contributed by atoms with E-state index in [0.29, 0.717) is 0 Å². The third-order valence-corrected chi connectivity index (χ3v) is 1.99. The first kappa shape index (κ1) is 14.2. The van der Waals surface area contributed by atoms with Gasteiger partial charge in [-0.15, -0.1) is 12.4 Å². The summed E-state index contributed by atoms with van der Waals surface area (Å²) < 4.78 is 17.6. The zero-order valence-electron chi connectivity index (χ0n) is 7.87. The molecule has 0 aliphatic heterocycles. The van der Waals surface area contributed by atoms with Crippen molar-refractivity contribution in [2.45, 2.75) is 6.04 Å². The largest absolute Gasteiger partial charge is 0.468 e. The topological polar surface area (TPSA) is 52.3 Å². The Bertz CT molecular complexity index is 360. The number of hydrogen-bond donors (Lipinski definition) is 1. The Morgan fingerprint density at radius 2 is 2.20 bits per heavy atom. The maximum Gasteiger partial charge on any atom is 0.327 e. The summed E-state index contributed by atoms with van der Waals surface area (Å²) in [5, 5.41) is 0.253. The minimum Gasteiger partial charge on any atom is -0.468 e. The van der Waals surface area contributed by atoms with Crippen molar-refractivity contribution >= 4 is 30.0 Å². The average molecular weight is 254 g/mol. The first-order valence-electron chi connectivity index (χ1n) is 3.84. The van der Waals surface area contributed by atoms with Crippen molar-refractivity contribution in [1.29, 1.82) is 0 Å². The Balaban J connectivity index is 0.00000196. The molecule has 84 valence electrons. The van der Waals surface area contributed by atoms with Gasteiger partial charge in [-0.2, -0.15) is 0 Å². The van der Waals surface area contributed by atoms with Gasteiger partial charge in [0.25, 0.3) is 0 Å². The van der Waals surface area contributed by atoms with E-state index in [2.05, 4.69) is 4.74 Å². The summed E-state index contributed by atoms with van der Waals surface area (Å²) >= 11 is 5.54. The minimum absolute atomic E-state index is 0. The normalized spacial score (nSPS) is 11.5. The van der Waals surface area contributed by atoms with Crippen LogP contribution in [0.1, 0.15) is 11.6 Å². The smallest absolute Gasteiger partial charge is 0.327 e. The van der Waals surface area contributed by atoms with Gasteiger partial charge in [0, 0.05) is 10.6 Å². The average Bonchev–Trinajstić information content (AvgIpc) is 2.15. The molecule has 0 saturated heterocycles. The standard InChI is InChI=1S/C9H9ClFNO2.ClH/c1-14-9(13)8(12)6-3-2-5(10)4-7(6)11;/h2-4,8H,12H2,1H3;1H/t8-;/m1./s1. The van der Waals surface area contributed by atoms with E-state index in [4.69, 9.17) is 17.3 Å². The summed E-state index contributed by atoms with van der Waals surface area (Å²) in [6.45, 7) is 0. The molecule has 1 rings (SSSR count). The molecule has 2 N–H and O–H groups in total. The summed E-state index contributed by atoms with van der Waals surface area (Å²) in [7, 11) is 1.19. The number of rotatable bonds is 2. The summed E-state index contributed by atoms with van der Waals surface area (Å²) in [4.78, 5) is 11.0. The molecule has 0 bridgehead atoms. The number of ether oxygens (including phenoxy) is 1. The van der Waals surface area contributed by atoms with E-state index in [1.54, 1.807) is 0 Å². The molecular weight excluding hydrogens is 244 g/mol. The van der Waals surface area contributed by atoms with Crippen LogP contribution in [0.15, 0.2) is 18.2 Å². The predicted octanol–water partition coefficient (Wildman–Crippen LogP) is 2.07. The molecule has 0 amide bonds. The first-order valence-corrected chi connectivity index (χ1v) is 4.22. The molecular formula is C9H10Cl2FNO2. The molecule has 6 heteroatoms. The molecule has 0 spiro atoms. The van der Waals surface area contributed by atoms with E-state index in [1.165, 1.54) is 19.2 Å². The molecule has 1 atom stereocenters. The van der Waals surface area contributed by atoms with Crippen LogP contribution in [0.4, 0.5) is 4.39 Å². The summed E-state index contributed by atoms with van der Waals surface area (Å²) in [6.07, 6.45) is 0. The highest BCUT2D eigenvalue weighted by atomic mass is 35.5. The van der Waals surface area contributed by atoms with Gasteiger partial charge in [-0.05, 0) is 12.1 Å². The lowest BCUT2D eigenvalue weighted by atomic mass is 10.1. The van der Waals surface area contributed by atoms with Crippen LogP contribution >= 0.6 is 24.0 Å². The molecule has 3 nitrogen and oxygen atoms in total. The Hall–Kier alpha value is -0.840. The van der Waals surface area contributed by atoms with Crippen molar-refractivity contribution in [1.82, 2.24) is 0 Å². The van der Waals surface area contributed by atoms with Gasteiger partial charge < -0.3 is 10.5 Å². The van der Waals surface area contributed by atoms with Crippen LogP contribution in [0, 0.1) is 5.82 Å². The van der Waals surface area contributed by atoms with E-state index >= 15 is 0 Å². The maximum absolute atomic E-state index is 13.2. The van der Waals surface area contributed by atoms with Gasteiger partial charge >= 0.3 is 5.97 Å². The first-order chi connectivity index (χ1) is 6.56. The second kappa shape index (κ2) is 5.90. The summed E-state index contributed by atoms with van der Waals surface area (Å²) in [5.41, 5.74) is 5.51. The van der Waals surface area contributed by atoms with E-state index < -0.39 is 17.8 Å². The van der Waals surface area contributed by atoms with E-state index in [9.17, 15) is 9.18 Å². The molecule has 0 aromatic heterocycles. The second-order valence-electron chi connectivity index (χ2n) is 2.67. The lowest BCUT2D eigenvalue weighted by Gasteiger charge is -2.10. The molecule has 0 heterocycles. The van der Waals surface area contributed by atoms with Crippen LogP contribution in [0.2, 0.25) is 5.02 Å². The number of halogens is 3. The van der Waals surface area contributed by atoms with Crippen molar-refractivity contribution in [3.8, 4) is 0 Å². The Kier molecular flexibility index (Phi) is 5.57. The number of carbonyl (C=O) groups excluding carboxylic acids is 1. The number of carbonyl (C=O) groups is 1. The fourth-order valence-corrected chi connectivity index (χ4v) is 1.17. The van der Waals surface area contributed by atoms with E-state index in [-0.39, 0.29) is 23.0 Å². The summed E-state index contributed by atoms with van der Waals surface area (Å²) in [6, 6.07) is 2.80. The van der Waals surface area contributed by atoms with Crippen LogP contribution in [0.25, 0.3) is 0 Å². The van der Waals surface area contributed by atoms with Crippen molar-refractivity contribution in [3.63, 3.8) is 0 Å². The van der Waals surface area contributed by atoms with Crippen LogP contribution in [-0.2, 0) is 9.53 Å². The third kappa shape index (κ3) is 3.34. The Morgan fingerprint density at radius 3 is 2.67 bits per heavy atom. The fraction of sp³-hybridized carbons (Fsp3) is 0.222. The lowest BCUT2D eigenvalue weighted by molar-refractivity contribution is -0.142. The van der Waals surface area contributed by atoms with Gasteiger partial charge in [0.1, 0.15) is 11.9 Å². The molecule has 0 aliphatic carbocycles. The zero-order chi connectivity index (χ0) is 10.7. The number of esters is 1.